The number of nitrogens with one attached hydrogen (secondary N) is 1. The monoisotopic (exact) mass is 412 g/mol. The number of benzene rings is 1. The van der Waals surface area contributed by atoms with E-state index in [4.69, 9.17) is 16.2 Å². The number of rotatable bonds is 5. The average Bonchev–Trinajstić information content (AvgIpc) is 3.23. The molecule has 1 aliphatic rings. The van der Waals surface area contributed by atoms with Crippen LogP contribution in [0.2, 0.25) is 0 Å². The number of halogens is 1. The standard InChI is InChI=1S/C18H17FN8O3/c1-18(15(21)28)10-11(20)22-13(23-12(10)24-16(18)29)14-25-17(30-2)27(26-14)7-8-5-3-4-6-9(8)19/h3-6H,7H2,1-2H3,(H2,21,28)(H3,20,22,23,24,29). The van der Waals surface area contributed by atoms with E-state index in [1.54, 1.807) is 18.2 Å². The zero-order chi connectivity index (χ0) is 21.6. The summed E-state index contributed by atoms with van der Waals surface area (Å²) in [6, 6.07) is 6.33. The van der Waals surface area contributed by atoms with Crippen molar-refractivity contribution >= 4 is 23.5 Å². The first-order valence-corrected chi connectivity index (χ1v) is 8.77. The second kappa shape index (κ2) is 6.76. The van der Waals surface area contributed by atoms with E-state index in [0.717, 1.165) is 0 Å². The first-order chi connectivity index (χ1) is 14.3. The third-order valence-corrected chi connectivity index (χ3v) is 4.91. The Kier molecular flexibility index (Phi) is 4.33. The summed E-state index contributed by atoms with van der Waals surface area (Å²) in [5.74, 6) is -1.96. The van der Waals surface area contributed by atoms with Crippen LogP contribution in [0.5, 0.6) is 6.01 Å². The van der Waals surface area contributed by atoms with Crippen molar-refractivity contribution in [3.05, 3.63) is 41.2 Å². The van der Waals surface area contributed by atoms with E-state index in [-0.39, 0.29) is 41.4 Å². The van der Waals surface area contributed by atoms with Crippen LogP contribution in [0.3, 0.4) is 0 Å². The van der Waals surface area contributed by atoms with Crippen LogP contribution in [0.4, 0.5) is 16.0 Å². The molecule has 0 radical (unpaired) electrons. The van der Waals surface area contributed by atoms with Gasteiger partial charge in [0.2, 0.25) is 23.5 Å². The fourth-order valence-electron chi connectivity index (χ4n) is 3.21. The van der Waals surface area contributed by atoms with E-state index in [1.165, 1.54) is 24.8 Å². The smallest absolute Gasteiger partial charge is 0.315 e. The molecule has 1 aliphatic heterocycles. The molecular weight excluding hydrogens is 395 g/mol. The van der Waals surface area contributed by atoms with Crippen LogP contribution in [0.1, 0.15) is 18.1 Å². The van der Waals surface area contributed by atoms with Gasteiger partial charge in [-0.3, -0.25) is 9.59 Å². The quantitative estimate of drug-likeness (QED) is 0.500. The minimum absolute atomic E-state index is 0.00847. The molecule has 0 saturated heterocycles. The largest absolute Gasteiger partial charge is 0.467 e. The number of primary amides is 1. The maximum absolute atomic E-state index is 14.0. The normalized spacial score (nSPS) is 17.5. The molecule has 3 aromatic rings. The molecule has 3 heterocycles. The van der Waals surface area contributed by atoms with Crippen molar-refractivity contribution in [3.63, 3.8) is 0 Å². The number of hydrogen-bond acceptors (Lipinski definition) is 8. The van der Waals surface area contributed by atoms with Crippen LogP contribution in [-0.4, -0.2) is 43.7 Å². The molecule has 1 unspecified atom stereocenters. The van der Waals surface area contributed by atoms with E-state index >= 15 is 0 Å². The van der Waals surface area contributed by atoms with E-state index in [2.05, 4.69) is 25.4 Å². The molecule has 154 valence electrons. The summed E-state index contributed by atoms with van der Waals surface area (Å²) >= 11 is 0. The number of ether oxygens (including phenoxy) is 1. The fourth-order valence-corrected chi connectivity index (χ4v) is 3.21. The first-order valence-electron chi connectivity index (χ1n) is 8.77. The van der Waals surface area contributed by atoms with Crippen molar-refractivity contribution in [1.29, 1.82) is 0 Å². The molecule has 2 amide bonds. The molecule has 0 bridgehead atoms. The second-order valence-corrected chi connectivity index (χ2v) is 6.77. The van der Waals surface area contributed by atoms with Crippen LogP contribution >= 0.6 is 0 Å². The lowest BCUT2D eigenvalue weighted by Gasteiger charge is -2.18. The molecule has 5 N–H and O–H groups in total. The van der Waals surface area contributed by atoms with Crippen LogP contribution < -0.4 is 21.5 Å². The summed E-state index contributed by atoms with van der Waals surface area (Å²) in [5.41, 5.74) is 10.2. The Morgan fingerprint density at radius 2 is 2.00 bits per heavy atom. The first kappa shape index (κ1) is 19.2. The van der Waals surface area contributed by atoms with Gasteiger partial charge in [0, 0.05) is 5.56 Å². The number of nitrogens with zero attached hydrogens (tertiary/aromatic N) is 5. The van der Waals surface area contributed by atoms with Gasteiger partial charge < -0.3 is 21.5 Å². The van der Waals surface area contributed by atoms with E-state index in [9.17, 15) is 14.0 Å². The van der Waals surface area contributed by atoms with E-state index in [1.807, 2.05) is 0 Å². The number of carbonyl (C=O) groups excluding carboxylic acids is 2. The number of methoxy groups -OCH3 is 1. The lowest BCUT2D eigenvalue weighted by Crippen LogP contribution is -2.44. The van der Waals surface area contributed by atoms with Crippen LogP contribution in [0, 0.1) is 5.82 Å². The van der Waals surface area contributed by atoms with Crippen molar-refractivity contribution in [2.24, 2.45) is 5.73 Å². The molecule has 1 aromatic carbocycles. The highest BCUT2D eigenvalue weighted by Crippen LogP contribution is 2.40. The Bertz CT molecular complexity index is 1190. The predicted molar refractivity (Wildman–Crippen MR) is 103 cm³/mol. The number of fused-ring (bicyclic) bond motifs is 1. The summed E-state index contributed by atoms with van der Waals surface area (Å²) in [6.07, 6.45) is 0. The Morgan fingerprint density at radius 3 is 2.67 bits per heavy atom. The maximum Gasteiger partial charge on any atom is 0.315 e. The van der Waals surface area contributed by atoms with Crippen molar-refractivity contribution in [3.8, 4) is 17.7 Å². The third kappa shape index (κ3) is 2.80. The SMILES string of the molecule is COc1nc(-c2nc(N)c3c(n2)NC(=O)C3(C)C(N)=O)nn1Cc1ccccc1F. The van der Waals surface area contributed by atoms with Crippen molar-refractivity contribution < 1.29 is 18.7 Å². The second-order valence-electron chi connectivity index (χ2n) is 6.77. The zero-order valence-electron chi connectivity index (χ0n) is 16.0. The molecule has 0 spiro atoms. The van der Waals surface area contributed by atoms with Gasteiger partial charge in [-0.2, -0.15) is 4.98 Å². The minimum atomic E-state index is -1.69. The molecule has 0 saturated carbocycles. The molecule has 12 heteroatoms. The summed E-state index contributed by atoms with van der Waals surface area (Å²) in [7, 11) is 1.39. The number of amides is 2. The van der Waals surface area contributed by atoms with Gasteiger partial charge in [-0.15, -0.1) is 5.10 Å². The molecular formula is C18H17FN8O3. The summed E-state index contributed by atoms with van der Waals surface area (Å²) in [4.78, 5) is 36.7. The molecule has 4 rings (SSSR count). The number of hydrogen-bond donors (Lipinski definition) is 3. The summed E-state index contributed by atoms with van der Waals surface area (Å²) < 4.78 is 20.5. The molecule has 30 heavy (non-hydrogen) atoms. The topological polar surface area (TPSA) is 164 Å². The van der Waals surface area contributed by atoms with Crippen molar-refractivity contribution in [1.82, 2.24) is 24.7 Å². The van der Waals surface area contributed by atoms with E-state index < -0.39 is 23.0 Å². The Morgan fingerprint density at radius 1 is 1.27 bits per heavy atom. The molecule has 11 nitrogen and oxygen atoms in total. The van der Waals surface area contributed by atoms with Gasteiger partial charge >= 0.3 is 6.01 Å². The van der Waals surface area contributed by atoms with E-state index in [0.29, 0.717) is 5.56 Å². The molecule has 0 fully saturated rings. The van der Waals surface area contributed by atoms with Crippen molar-refractivity contribution in [2.45, 2.75) is 18.9 Å². The Balaban J connectivity index is 1.76. The average molecular weight is 412 g/mol. The van der Waals surface area contributed by atoms with Crippen LogP contribution in [0.15, 0.2) is 24.3 Å². The highest BCUT2D eigenvalue weighted by atomic mass is 19.1. The van der Waals surface area contributed by atoms with Gasteiger partial charge in [0.25, 0.3) is 0 Å². The van der Waals surface area contributed by atoms with Gasteiger partial charge in [0.1, 0.15) is 17.5 Å². The molecule has 1 atom stereocenters. The fraction of sp³-hybridized carbons (Fsp3) is 0.222. The van der Waals surface area contributed by atoms with Gasteiger partial charge in [0.05, 0.1) is 19.2 Å². The molecule has 0 aliphatic carbocycles. The Hall–Kier alpha value is -4.09. The van der Waals surface area contributed by atoms with Crippen LogP contribution in [0.25, 0.3) is 11.6 Å². The minimum Gasteiger partial charge on any atom is -0.467 e. The summed E-state index contributed by atoms with van der Waals surface area (Å²) in [6.45, 7) is 1.40. The highest BCUT2D eigenvalue weighted by Gasteiger charge is 2.51. The molecule has 2 aromatic heterocycles. The van der Waals surface area contributed by atoms with Gasteiger partial charge in [-0.05, 0) is 13.0 Å². The highest BCUT2D eigenvalue weighted by molar-refractivity contribution is 6.20. The van der Waals surface area contributed by atoms with Crippen molar-refractivity contribution in [2.75, 3.05) is 18.2 Å². The number of nitrogens with two attached hydrogens (primary N) is 2. The van der Waals surface area contributed by atoms with Gasteiger partial charge in [-0.1, -0.05) is 18.2 Å². The van der Waals surface area contributed by atoms with Crippen LogP contribution in [-0.2, 0) is 21.5 Å². The number of carbonyl (C=O) groups is 2. The predicted octanol–water partition coefficient (Wildman–Crippen LogP) is 0.208. The number of anilines is 2. The Labute approximate surface area is 169 Å². The lowest BCUT2D eigenvalue weighted by molar-refractivity contribution is -0.131. The maximum atomic E-state index is 14.0. The van der Waals surface area contributed by atoms with Gasteiger partial charge in [0.15, 0.2) is 5.41 Å². The zero-order valence-corrected chi connectivity index (χ0v) is 16.0. The van der Waals surface area contributed by atoms with Gasteiger partial charge in [-0.25, -0.2) is 19.0 Å². The third-order valence-electron chi connectivity index (χ3n) is 4.91. The number of nitrogen functional groups attached to an aromatic ring is 1. The lowest BCUT2D eigenvalue weighted by atomic mass is 9.84. The number of aromatic nitrogens is 5. The summed E-state index contributed by atoms with van der Waals surface area (Å²) in [5, 5.41) is 6.76.